The number of alkyl halides is 6. The molecule has 7 nitrogen and oxygen atoms in total. The van der Waals surface area contributed by atoms with Gasteiger partial charge in [0.2, 0.25) is 0 Å². The van der Waals surface area contributed by atoms with Crippen LogP contribution in [-0.2, 0) is 31.3 Å². The lowest BCUT2D eigenvalue weighted by atomic mass is 10.2. The van der Waals surface area contributed by atoms with Gasteiger partial charge < -0.3 is 14.2 Å². The summed E-state index contributed by atoms with van der Waals surface area (Å²) < 4.78 is 76.4. The molecule has 0 aromatic carbocycles. The molecule has 2 rings (SSSR count). The Labute approximate surface area is 160 Å². The van der Waals surface area contributed by atoms with Gasteiger partial charge in [0.25, 0.3) is 5.91 Å². The highest BCUT2D eigenvalue weighted by molar-refractivity contribution is 5.95. The minimum Gasteiger partial charge on any atom is -0.478 e. The van der Waals surface area contributed by atoms with E-state index in [0.29, 0.717) is 0 Å². The van der Waals surface area contributed by atoms with Crippen LogP contribution in [0.3, 0.4) is 0 Å². The Morgan fingerprint density at radius 1 is 0.897 bits per heavy atom. The van der Waals surface area contributed by atoms with E-state index in [1.807, 2.05) is 0 Å². The minimum absolute atomic E-state index is 0.431. The molecular formula is C16H17F6N3O4. The molecule has 0 saturated heterocycles. The Balaban J connectivity index is 0.000000296. The minimum atomic E-state index is -4.62. The third kappa shape index (κ3) is 6.01. The Morgan fingerprint density at radius 3 is 1.59 bits per heavy atom. The van der Waals surface area contributed by atoms with Gasteiger partial charge in [0.1, 0.15) is 0 Å². The lowest BCUT2D eigenvalue weighted by Crippen LogP contribution is -2.27. The fourth-order valence-corrected chi connectivity index (χ4v) is 2.21. The molecule has 0 radical (unpaired) electrons. The summed E-state index contributed by atoms with van der Waals surface area (Å²) in [5.74, 6) is -2.41. The third-order valence-electron chi connectivity index (χ3n) is 3.54. The lowest BCUT2D eigenvalue weighted by molar-refractivity contribution is -0.139. The summed E-state index contributed by atoms with van der Waals surface area (Å²) in [6.07, 6.45) is -5.54. The normalized spacial score (nSPS) is 11.7. The van der Waals surface area contributed by atoms with E-state index >= 15 is 0 Å². The summed E-state index contributed by atoms with van der Waals surface area (Å²) in [5.41, 5.74) is -3.25. The van der Waals surface area contributed by atoms with E-state index in [9.17, 15) is 35.9 Å². The monoisotopic (exact) mass is 429 g/mol. The largest absolute Gasteiger partial charge is 0.478 e. The van der Waals surface area contributed by atoms with Crippen molar-refractivity contribution in [3.8, 4) is 0 Å². The number of amides is 1. The van der Waals surface area contributed by atoms with Gasteiger partial charge in [-0.15, -0.1) is 0 Å². The maximum absolute atomic E-state index is 12.6. The molecule has 0 unspecified atom stereocenters. The van der Waals surface area contributed by atoms with Gasteiger partial charge in [-0.25, -0.2) is 9.86 Å². The van der Waals surface area contributed by atoms with E-state index in [4.69, 9.17) is 5.11 Å². The average molecular weight is 429 g/mol. The van der Waals surface area contributed by atoms with Crippen LogP contribution in [-0.4, -0.2) is 45.3 Å². The molecule has 0 saturated carbocycles. The Morgan fingerprint density at radius 2 is 1.28 bits per heavy atom. The summed E-state index contributed by atoms with van der Waals surface area (Å²) in [6.45, 7) is 0. The van der Waals surface area contributed by atoms with E-state index < -0.39 is 46.5 Å². The Bertz CT molecular complexity index is 882. The second-order valence-electron chi connectivity index (χ2n) is 5.79. The van der Waals surface area contributed by atoms with Crippen LogP contribution in [0.4, 0.5) is 26.3 Å². The first-order chi connectivity index (χ1) is 13.1. The fourth-order valence-electron chi connectivity index (χ4n) is 2.21. The first-order valence-corrected chi connectivity index (χ1v) is 7.61. The SMILES string of the molecule is CON(C)C(=O)c1cn(C)cc1C(F)(F)F.Cn1cc(C(=O)O)c(C(F)(F)F)c1. The van der Waals surface area contributed by atoms with Gasteiger partial charge >= 0.3 is 18.3 Å². The second kappa shape index (κ2) is 8.59. The number of aromatic nitrogens is 2. The molecule has 0 bridgehead atoms. The average Bonchev–Trinajstić information content (AvgIpc) is 3.16. The van der Waals surface area contributed by atoms with E-state index in [1.54, 1.807) is 0 Å². The summed E-state index contributed by atoms with van der Waals surface area (Å²) in [6, 6.07) is 0. The third-order valence-corrected chi connectivity index (χ3v) is 3.54. The maximum Gasteiger partial charge on any atom is 0.418 e. The number of nitrogens with zero attached hydrogens (tertiary/aromatic N) is 3. The van der Waals surface area contributed by atoms with Crippen molar-refractivity contribution in [1.29, 1.82) is 0 Å². The quantitative estimate of drug-likeness (QED) is 0.599. The van der Waals surface area contributed by atoms with Crippen LogP contribution >= 0.6 is 0 Å². The van der Waals surface area contributed by atoms with Crippen LogP contribution in [0.1, 0.15) is 31.8 Å². The predicted octanol–water partition coefficient (Wildman–Crippen LogP) is 3.42. The number of carboxylic acid groups (broad SMARTS) is 1. The number of halogens is 6. The number of hydrogen-bond donors (Lipinski definition) is 1. The standard InChI is InChI=1S/C9H11F3N2O2.C7H6F3NO2/c1-13-4-6(8(15)14(2)16-3)7(5-13)9(10,11)12;1-11-2-4(6(12)13)5(3-11)7(8,9)10/h4-5H,1-3H3;2-3H,1H3,(H,12,13). The van der Waals surface area contributed by atoms with Gasteiger partial charge in [-0.3, -0.25) is 9.63 Å². The van der Waals surface area contributed by atoms with Crippen molar-refractivity contribution in [2.24, 2.45) is 14.1 Å². The number of carbonyl (C=O) groups is 2. The van der Waals surface area contributed by atoms with Gasteiger partial charge in [-0.1, -0.05) is 0 Å². The molecule has 162 valence electrons. The van der Waals surface area contributed by atoms with E-state index in [2.05, 4.69) is 4.84 Å². The van der Waals surface area contributed by atoms with E-state index in [1.165, 1.54) is 32.8 Å². The number of rotatable bonds is 3. The summed E-state index contributed by atoms with van der Waals surface area (Å²) >= 11 is 0. The highest BCUT2D eigenvalue weighted by atomic mass is 19.4. The number of hydroxylamine groups is 2. The molecule has 2 aromatic heterocycles. The van der Waals surface area contributed by atoms with Crippen LogP contribution in [0.2, 0.25) is 0 Å². The van der Waals surface area contributed by atoms with Gasteiger partial charge in [0, 0.05) is 45.9 Å². The molecule has 1 N–H and O–H groups in total. The van der Waals surface area contributed by atoms with Crippen molar-refractivity contribution < 1.29 is 45.9 Å². The molecule has 13 heteroatoms. The van der Waals surface area contributed by atoms with Crippen LogP contribution in [0.15, 0.2) is 24.8 Å². The highest BCUT2D eigenvalue weighted by Crippen LogP contribution is 2.33. The lowest BCUT2D eigenvalue weighted by Gasteiger charge is -2.14. The topological polar surface area (TPSA) is 76.7 Å². The van der Waals surface area contributed by atoms with Crippen molar-refractivity contribution in [2.45, 2.75) is 12.4 Å². The number of carbonyl (C=O) groups excluding carboxylic acids is 1. The summed E-state index contributed by atoms with van der Waals surface area (Å²) in [5, 5.41) is 9.17. The smallest absolute Gasteiger partial charge is 0.418 e. The first kappa shape index (κ1) is 24.1. The predicted molar refractivity (Wildman–Crippen MR) is 86.9 cm³/mol. The van der Waals surface area contributed by atoms with Crippen LogP contribution in [0.5, 0.6) is 0 Å². The molecule has 2 heterocycles. The molecule has 1 amide bonds. The van der Waals surface area contributed by atoms with E-state index in [0.717, 1.165) is 34.4 Å². The van der Waals surface area contributed by atoms with Crippen LogP contribution in [0, 0.1) is 0 Å². The number of carboxylic acids is 1. The molecule has 0 aliphatic heterocycles. The highest BCUT2D eigenvalue weighted by Gasteiger charge is 2.38. The van der Waals surface area contributed by atoms with Crippen LogP contribution < -0.4 is 0 Å². The van der Waals surface area contributed by atoms with Crippen LogP contribution in [0.25, 0.3) is 0 Å². The van der Waals surface area contributed by atoms with Gasteiger partial charge in [-0.05, 0) is 0 Å². The Kier molecular flexibility index (Phi) is 7.13. The number of aryl methyl sites for hydroxylation is 2. The zero-order chi connectivity index (χ0) is 22.7. The van der Waals surface area contributed by atoms with Gasteiger partial charge in [-0.2, -0.15) is 26.3 Å². The summed E-state index contributed by atoms with van der Waals surface area (Å²) in [4.78, 5) is 26.5. The van der Waals surface area contributed by atoms with Crippen molar-refractivity contribution in [1.82, 2.24) is 14.2 Å². The molecule has 0 aliphatic carbocycles. The van der Waals surface area contributed by atoms with Crippen molar-refractivity contribution in [3.63, 3.8) is 0 Å². The molecule has 0 atom stereocenters. The fraction of sp³-hybridized carbons (Fsp3) is 0.375. The zero-order valence-electron chi connectivity index (χ0n) is 15.6. The molecule has 2 aromatic rings. The van der Waals surface area contributed by atoms with Crippen molar-refractivity contribution >= 4 is 11.9 Å². The second-order valence-corrected chi connectivity index (χ2v) is 5.79. The molecule has 29 heavy (non-hydrogen) atoms. The van der Waals surface area contributed by atoms with Crippen molar-refractivity contribution in [3.05, 3.63) is 47.0 Å². The molecule has 0 aliphatic rings. The number of hydrogen-bond acceptors (Lipinski definition) is 3. The van der Waals surface area contributed by atoms with Crippen molar-refractivity contribution in [2.75, 3.05) is 14.2 Å². The zero-order valence-corrected chi connectivity index (χ0v) is 15.6. The molecule has 0 spiro atoms. The Hall–Kier alpha value is -2.96. The van der Waals surface area contributed by atoms with Gasteiger partial charge in [0.15, 0.2) is 0 Å². The first-order valence-electron chi connectivity index (χ1n) is 7.61. The van der Waals surface area contributed by atoms with E-state index in [-0.39, 0.29) is 0 Å². The molecule has 0 fully saturated rings. The van der Waals surface area contributed by atoms with Gasteiger partial charge in [0.05, 0.1) is 29.4 Å². The summed E-state index contributed by atoms with van der Waals surface area (Å²) in [7, 11) is 5.20. The molecular weight excluding hydrogens is 412 g/mol. The number of aromatic carboxylic acids is 1. The maximum atomic E-state index is 12.6.